The Kier molecular flexibility index (Phi) is 7.63. The summed E-state index contributed by atoms with van der Waals surface area (Å²) < 4.78 is 5.68. The second-order valence-electron chi connectivity index (χ2n) is 8.88. The van der Waals surface area contributed by atoms with Gasteiger partial charge in [0.1, 0.15) is 5.75 Å². The summed E-state index contributed by atoms with van der Waals surface area (Å²) in [7, 11) is 0. The average Bonchev–Trinajstić information content (AvgIpc) is 3.06. The minimum absolute atomic E-state index is 0.00526. The SMILES string of the molecule is O=C(COc1ccc(N2CCCC2=O)cc1)N1CCN(CC(=O)N2CCCCCC2)CC1. The van der Waals surface area contributed by atoms with Crippen molar-refractivity contribution in [3.05, 3.63) is 24.3 Å². The monoisotopic (exact) mass is 442 g/mol. The van der Waals surface area contributed by atoms with Crippen molar-refractivity contribution in [1.29, 1.82) is 0 Å². The third-order valence-corrected chi connectivity index (χ3v) is 6.63. The smallest absolute Gasteiger partial charge is 0.260 e. The molecule has 174 valence electrons. The molecule has 0 bridgehead atoms. The van der Waals surface area contributed by atoms with Crippen molar-refractivity contribution in [2.24, 2.45) is 0 Å². The normalized spacial score (nSPS) is 20.4. The van der Waals surface area contributed by atoms with Crippen molar-refractivity contribution in [2.75, 3.05) is 63.9 Å². The number of amides is 3. The highest BCUT2D eigenvalue weighted by Gasteiger charge is 2.25. The molecule has 0 aromatic heterocycles. The molecule has 3 saturated heterocycles. The molecule has 3 aliphatic heterocycles. The first-order valence-electron chi connectivity index (χ1n) is 11.9. The fraction of sp³-hybridized carbons (Fsp3) is 0.625. The van der Waals surface area contributed by atoms with E-state index >= 15 is 0 Å². The van der Waals surface area contributed by atoms with Crippen LogP contribution in [0.15, 0.2) is 24.3 Å². The molecule has 8 heteroatoms. The minimum atomic E-state index is -0.0395. The molecule has 1 aromatic rings. The van der Waals surface area contributed by atoms with Gasteiger partial charge in [-0.3, -0.25) is 19.3 Å². The van der Waals surface area contributed by atoms with Crippen molar-refractivity contribution in [2.45, 2.75) is 38.5 Å². The Bertz CT molecular complexity index is 797. The van der Waals surface area contributed by atoms with Crippen molar-refractivity contribution in [1.82, 2.24) is 14.7 Å². The zero-order valence-electron chi connectivity index (χ0n) is 18.8. The second-order valence-corrected chi connectivity index (χ2v) is 8.88. The first kappa shape index (κ1) is 22.6. The van der Waals surface area contributed by atoms with Crippen molar-refractivity contribution in [3.63, 3.8) is 0 Å². The van der Waals surface area contributed by atoms with Crippen LogP contribution in [0.5, 0.6) is 5.75 Å². The van der Waals surface area contributed by atoms with E-state index in [4.69, 9.17) is 4.74 Å². The maximum Gasteiger partial charge on any atom is 0.260 e. The lowest BCUT2D eigenvalue weighted by Gasteiger charge is -2.35. The van der Waals surface area contributed by atoms with Crippen molar-refractivity contribution >= 4 is 23.4 Å². The molecule has 3 heterocycles. The van der Waals surface area contributed by atoms with Crippen LogP contribution >= 0.6 is 0 Å². The lowest BCUT2D eigenvalue weighted by Crippen LogP contribution is -2.52. The number of carbonyl (C=O) groups is 3. The van der Waals surface area contributed by atoms with Gasteiger partial charge in [-0.15, -0.1) is 0 Å². The van der Waals surface area contributed by atoms with E-state index in [0.29, 0.717) is 44.9 Å². The predicted octanol–water partition coefficient (Wildman–Crippen LogP) is 1.74. The molecule has 32 heavy (non-hydrogen) atoms. The summed E-state index contributed by atoms with van der Waals surface area (Å²) in [4.78, 5) is 44.7. The zero-order valence-corrected chi connectivity index (χ0v) is 18.8. The maximum absolute atomic E-state index is 12.6. The van der Waals surface area contributed by atoms with Gasteiger partial charge in [0.15, 0.2) is 6.61 Å². The largest absolute Gasteiger partial charge is 0.484 e. The minimum Gasteiger partial charge on any atom is -0.484 e. The number of piperazine rings is 1. The number of benzene rings is 1. The van der Waals surface area contributed by atoms with Gasteiger partial charge in [0.2, 0.25) is 11.8 Å². The molecule has 0 atom stereocenters. The fourth-order valence-corrected chi connectivity index (χ4v) is 4.65. The highest BCUT2D eigenvalue weighted by atomic mass is 16.5. The zero-order chi connectivity index (χ0) is 22.3. The fourth-order valence-electron chi connectivity index (χ4n) is 4.65. The number of hydrogen-bond donors (Lipinski definition) is 0. The summed E-state index contributed by atoms with van der Waals surface area (Å²) in [5.41, 5.74) is 0.872. The van der Waals surface area contributed by atoms with Crippen LogP contribution in [0.25, 0.3) is 0 Å². The predicted molar refractivity (Wildman–Crippen MR) is 122 cm³/mol. The quantitative estimate of drug-likeness (QED) is 0.671. The summed E-state index contributed by atoms with van der Waals surface area (Å²) in [5, 5.41) is 0. The number of nitrogens with zero attached hydrogens (tertiary/aromatic N) is 4. The maximum atomic E-state index is 12.6. The van der Waals surface area contributed by atoms with Crippen LogP contribution in [0, 0.1) is 0 Å². The molecular formula is C24H34N4O4. The van der Waals surface area contributed by atoms with E-state index in [2.05, 4.69) is 4.90 Å². The first-order chi connectivity index (χ1) is 15.6. The third-order valence-electron chi connectivity index (χ3n) is 6.63. The van der Waals surface area contributed by atoms with Gasteiger partial charge in [-0.05, 0) is 43.5 Å². The van der Waals surface area contributed by atoms with Crippen LogP contribution in [0.1, 0.15) is 38.5 Å². The number of carbonyl (C=O) groups excluding carboxylic acids is 3. The second kappa shape index (κ2) is 10.8. The Balaban J connectivity index is 1.17. The number of anilines is 1. The first-order valence-corrected chi connectivity index (χ1v) is 11.9. The van der Waals surface area contributed by atoms with E-state index in [0.717, 1.165) is 44.6 Å². The van der Waals surface area contributed by atoms with Gasteiger partial charge >= 0.3 is 0 Å². The molecule has 0 N–H and O–H groups in total. The van der Waals surface area contributed by atoms with Crippen LogP contribution < -0.4 is 9.64 Å². The Labute approximate surface area is 190 Å². The lowest BCUT2D eigenvalue weighted by molar-refractivity contribution is -0.136. The topological polar surface area (TPSA) is 73.4 Å². The van der Waals surface area contributed by atoms with Crippen LogP contribution in [-0.2, 0) is 14.4 Å². The summed E-state index contributed by atoms with van der Waals surface area (Å²) in [6.45, 7) is 5.62. The van der Waals surface area contributed by atoms with Gasteiger partial charge in [0.05, 0.1) is 6.54 Å². The molecule has 0 unspecified atom stereocenters. The molecule has 3 fully saturated rings. The molecule has 0 radical (unpaired) electrons. The summed E-state index contributed by atoms with van der Waals surface area (Å²) in [6, 6.07) is 7.34. The molecule has 3 aliphatic rings. The number of ether oxygens (including phenoxy) is 1. The molecule has 4 rings (SSSR count). The van der Waals surface area contributed by atoms with Crippen molar-refractivity contribution < 1.29 is 19.1 Å². The Hall–Kier alpha value is -2.61. The molecule has 8 nitrogen and oxygen atoms in total. The van der Waals surface area contributed by atoms with Crippen molar-refractivity contribution in [3.8, 4) is 5.75 Å². The van der Waals surface area contributed by atoms with Crippen LogP contribution in [0.2, 0.25) is 0 Å². The van der Waals surface area contributed by atoms with E-state index in [1.165, 1.54) is 12.8 Å². The van der Waals surface area contributed by atoms with Crippen LogP contribution in [0.4, 0.5) is 5.69 Å². The van der Waals surface area contributed by atoms with E-state index < -0.39 is 0 Å². The number of rotatable bonds is 6. The lowest BCUT2D eigenvalue weighted by atomic mass is 10.2. The standard InChI is InChI=1S/C24H34N4O4/c29-22-6-5-13-28(22)20-7-9-21(10-8-20)32-19-24(31)27-16-14-25(15-17-27)18-23(30)26-11-3-1-2-4-12-26/h7-10H,1-6,11-19H2. The van der Waals surface area contributed by atoms with E-state index in [9.17, 15) is 14.4 Å². The Morgan fingerprint density at radius 3 is 2.03 bits per heavy atom. The molecule has 3 amide bonds. The third kappa shape index (κ3) is 5.79. The molecule has 0 aliphatic carbocycles. The summed E-state index contributed by atoms with van der Waals surface area (Å²) >= 11 is 0. The van der Waals surface area contributed by atoms with E-state index in [1.807, 2.05) is 21.9 Å². The van der Waals surface area contributed by atoms with Gasteiger partial charge < -0.3 is 19.4 Å². The van der Waals surface area contributed by atoms with Gasteiger partial charge in [-0.2, -0.15) is 0 Å². The van der Waals surface area contributed by atoms with Gasteiger partial charge in [-0.1, -0.05) is 12.8 Å². The van der Waals surface area contributed by atoms with Gasteiger partial charge in [-0.25, -0.2) is 0 Å². The molecule has 0 spiro atoms. The molecule has 1 aromatic carbocycles. The van der Waals surface area contributed by atoms with Crippen LogP contribution in [0.3, 0.4) is 0 Å². The molecular weight excluding hydrogens is 408 g/mol. The highest BCUT2D eigenvalue weighted by molar-refractivity contribution is 5.95. The number of likely N-dealkylation sites (tertiary alicyclic amines) is 1. The summed E-state index contributed by atoms with van der Waals surface area (Å²) in [5.74, 6) is 0.952. The number of hydrogen-bond acceptors (Lipinski definition) is 5. The van der Waals surface area contributed by atoms with E-state index in [-0.39, 0.29) is 24.3 Å². The Morgan fingerprint density at radius 1 is 0.750 bits per heavy atom. The average molecular weight is 443 g/mol. The molecule has 0 saturated carbocycles. The Morgan fingerprint density at radius 2 is 1.41 bits per heavy atom. The van der Waals surface area contributed by atoms with E-state index in [1.54, 1.807) is 17.0 Å². The summed E-state index contributed by atoms with van der Waals surface area (Å²) in [6.07, 6.45) is 6.14. The van der Waals surface area contributed by atoms with Gasteiger partial charge in [0.25, 0.3) is 5.91 Å². The van der Waals surface area contributed by atoms with Crippen LogP contribution in [-0.4, -0.2) is 91.4 Å². The highest BCUT2D eigenvalue weighted by Crippen LogP contribution is 2.24. The van der Waals surface area contributed by atoms with Gasteiger partial charge in [0, 0.05) is 57.9 Å².